The van der Waals surface area contributed by atoms with Gasteiger partial charge in [-0.25, -0.2) is 0 Å². The summed E-state index contributed by atoms with van der Waals surface area (Å²) in [7, 11) is 0. The highest BCUT2D eigenvalue weighted by Crippen LogP contribution is 2.28. The van der Waals surface area contributed by atoms with Crippen molar-refractivity contribution < 1.29 is 8.78 Å². The van der Waals surface area contributed by atoms with E-state index in [0.717, 1.165) is 17.5 Å². The van der Waals surface area contributed by atoms with Crippen LogP contribution in [0.25, 0.3) is 11.1 Å². The number of benzene rings is 2. The molecule has 3 heteroatoms. The Morgan fingerprint density at radius 3 is 1.91 bits per heavy atom. The van der Waals surface area contributed by atoms with Crippen molar-refractivity contribution in [1.82, 2.24) is 0 Å². The van der Waals surface area contributed by atoms with Crippen LogP contribution in [0.5, 0.6) is 0 Å². The van der Waals surface area contributed by atoms with E-state index in [2.05, 4.69) is 31.2 Å². The Morgan fingerprint density at radius 2 is 1.35 bits per heavy atom. The van der Waals surface area contributed by atoms with Crippen molar-refractivity contribution in [1.29, 1.82) is 0 Å². The monoisotopic (exact) mass is 334 g/mol. The fraction of sp³-hybridized carbons (Fsp3) is 0.400. The molecule has 0 aromatic heterocycles. The normalized spacial score (nSPS) is 11.1. The lowest BCUT2D eigenvalue weighted by atomic mass is 10.0. The van der Waals surface area contributed by atoms with E-state index in [-0.39, 0.29) is 0 Å². The molecule has 0 heterocycles. The highest BCUT2D eigenvalue weighted by atomic mass is 32.2. The molecule has 0 bridgehead atoms. The van der Waals surface area contributed by atoms with Crippen molar-refractivity contribution in [3.8, 4) is 11.1 Å². The van der Waals surface area contributed by atoms with E-state index in [0.29, 0.717) is 16.7 Å². The molecule has 2 rings (SSSR count). The Morgan fingerprint density at radius 1 is 0.783 bits per heavy atom. The molecule has 0 fully saturated rings. The van der Waals surface area contributed by atoms with Gasteiger partial charge in [-0.05, 0) is 41.7 Å². The van der Waals surface area contributed by atoms with Gasteiger partial charge < -0.3 is 0 Å². The third-order valence-electron chi connectivity index (χ3n) is 3.94. The van der Waals surface area contributed by atoms with Gasteiger partial charge in [-0.1, -0.05) is 80.8 Å². The van der Waals surface area contributed by atoms with Gasteiger partial charge in [-0.2, -0.15) is 8.78 Å². The topological polar surface area (TPSA) is 0 Å². The van der Waals surface area contributed by atoms with Crippen LogP contribution >= 0.6 is 11.8 Å². The van der Waals surface area contributed by atoms with Crippen LogP contribution in [-0.2, 0) is 6.42 Å². The van der Waals surface area contributed by atoms with E-state index in [4.69, 9.17) is 0 Å². The molecule has 23 heavy (non-hydrogen) atoms. The quantitative estimate of drug-likeness (QED) is 0.345. The molecular weight excluding hydrogens is 310 g/mol. The smallest absolute Gasteiger partial charge is 0.198 e. The van der Waals surface area contributed by atoms with Crippen LogP contribution in [0.4, 0.5) is 8.78 Å². The van der Waals surface area contributed by atoms with Crippen molar-refractivity contribution in [2.45, 2.75) is 56.1 Å². The summed E-state index contributed by atoms with van der Waals surface area (Å²) in [6, 6.07) is 15.9. The first-order chi connectivity index (χ1) is 11.2. The highest BCUT2D eigenvalue weighted by molar-refractivity contribution is 7.99. The van der Waals surface area contributed by atoms with Crippen LogP contribution in [0.2, 0.25) is 0 Å². The fourth-order valence-electron chi connectivity index (χ4n) is 2.63. The van der Waals surface area contributed by atoms with Gasteiger partial charge in [-0.3, -0.25) is 0 Å². The Bertz CT molecular complexity index is 561. The zero-order chi connectivity index (χ0) is 16.5. The number of hydrogen-bond donors (Lipinski definition) is 0. The Labute approximate surface area is 142 Å². The van der Waals surface area contributed by atoms with E-state index in [9.17, 15) is 8.78 Å². The molecule has 0 N–H and O–H groups in total. The molecular formula is C20H24F2S. The first-order valence-electron chi connectivity index (χ1n) is 8.33. The number of halogens is 2. The van der Waals surface area contributed by atoms with Crippen LogP contribution in [-0.4, -0.2) is 5.76 Å². The molecule has 0 aliphatic rings. The maximum atomic E-state index is 12.3. The molecule has 0 atom stereocenters. The molecule has 2 aromatic carbocycles. The number of rotatable bonds is 9. The van der Waals surface area contributed by atoms with Crippen LogP contribution in [0, 0.1) is 0 Å². The van der Waals surface area contributed by atoms with Gasteiger partial charge in [-0.15, -0.1) is 0 Å². The summed E-state index contributed by atoms with van der Waals surface area (Å²) in [5, 5.41) is 0. The average molecular weight is 334 g/mol. The van der Waals surface area contributed by atoms with Gasteiger partial charge in [0.05, 0.1) is 0 Å². The summed E-state index contributed by atoms with van der Waals surface area (Å²) >= 11 is 0.586. The predicted octanol–water partition coefficient (Wildman–Crippen LogP) is 7.18. The molecule has 0 unspecified atom stereocenters. The summed E-state index contributed by atoms with van der Waals surface area (Å²) in [6.45, 7) is 2.23. The summed E-state index contributed by atoms with van der Waals surface area (Å²) in [4.78, 5) is 0.604. The second-order valence-electron chi connectivity index (χ2n) is 5.76. The zero-order valence-electron chi connectivity index (χ0n) is 13.6. The molecule has 124 valence electrons. The molecule has 0 aliphatic carbocycles. The fourth-order valence-corrected chi connectivity index (χ4v) is 3.12. The standard InChI is InChI=1S/C20H24F2S/c1-2-3-4-5-6-7-16-8-10-17(11-9-16)18-12-14-19(15-13-18)23-20(21)22/h8-15,20H,2-7H2,1H3. The van der Waals surface area contributed by atoms with E-state index in [1.54, 1.807) is 12.1 Å². The van der Waals surface area contributed by atoms with Crippen molar-refractivity contribution in [2.75, 3.05) is 0 Å². The van der Waals surface area contributed by atoms with Gasteiger partial charge in [0, 0.05) is 4.90 Å². The minimum absolute atomic E-state index is 0.586. The summed E-state index contributed by atoms with van der Waals surface area (Å²) < 4.78 is 24.6. The van der Waals surface area contributed by atoms with Crippen LogP contribution in [0.1, 0.15) is 44.6 Å². The molecule has 0 nitrogen and oxygen atoms in total. The maximum Gasteiger partial charge on any atom is 0.288 e. The lowest BCUT2D eigenvalue weighted by Crippen LogP contribution is -1.87. The van der Waals surface area contributed by atoms with Crippen molar-refractivity contribution >= 4 is 11.8 Å². The summed E-state index contributed by atoms with van der Waals surface area (Å²) in [5.74, 6) is -2.36. The minimum atomic E-state index is -2.36. The molecule has 0 amide bonds. The predicted molar refractivity (Wildman–Crippen MR) is 96.2 cm³/mol. The first kappa shape index (κ1) is 18.0. The largest absolute Gasteiger partial charge is 0.288 e. The number of thioether (sulfide) groups is 1. The third kappa shape index (κ3) is 6.34. The molecule has 0 saturated carbocycles. The minimum Gasteiger partial charge on any atom is -0.198 e. The van der Waals surface area contributed by atoms with Crippen LogP contribution in [0.3, 0.4) is 0 Å². The molecule has 0 aliphatic heterocycles. The van der Waals surface area contributed by atoms with E-state index < -0.39 is 5.76 Å². The van der Waals surface area contributed by atoms with E-state index in [1.807, 2.05) is 12.1 Å². The average Bonchev–Trinajstić information content (AvgIpc) is 2.55. The van der Waals surface area contributed by atoms with E-state index >= 15 is 0 Å². The SMILES string of the molecule is CCCCCCCc1ccc(-c2ccc(SC(F)F)cc2)cc1. The third-order valence-corrected chi connectivity index (χ3v) is 4.66. The molecule has 0 saturated heterocycles. The highest BCUT2D eigenvalue weighted by Gasteiger charge is 2.05. The Kier molecular flexibility index (Phi) is 7.60. The zero-order valence-corrected chi connectivity index (χ0v) is 14.4. The molecule has 2 aromatic rings. The molecule has 0 spiro atoms. The lowest BCUT2D eigenvalue weighted by Gasteiger charge is -2.06. The number of unbranched alkanes of at least 4 members (excludes halogenated alkanes) is 4. The van der Waals surface area contributed by atoms with Crippen molar-refractivity contribution in [2.24, 2.45) is 0 Å². The maximum absolute atomic E-state index is 12.3. The first-order valence-corrected chi connectivity index (χ1v) is 9.21. The molecule has 0 radical (unpaired) electrons. The van der Waals surface area contributed by atoms with Gasteiger partial charge in [0.2, 0.25) is 0 Å². The van der Waals surface area contributed by atoms with Gasteiger partial charge in [0.1, 0.15) is 0 Å². The Hall–Kier alpha value is -1.35. The number of alkyl halides is 2. The second-order valence-corrected chi connectivity index (χ2v) is 6.83. The van der Waals surface area contributed by atoms with Crippen molar-refractivity contribution in [3.05, 3.63) is 54.1 Å². The van der Waals surface area contributed by atoms with Gasteiger partial charge in [0.15, 0.2) is 0 Å². The summed E-state index contributed by atoms with van der Waals surface area (Å²) in [6.07, 6.45) is 7.63. The number of hydrogen-bond acceptors (Lipinski definition) is 1. The van der Waals surface area contributed by atoms with Gasteiger partial charge >= 0.3 is 0 Å². The number of aryl methyl sites for hydroxylation is 1. The lowest BCUT2D eigenvalue weighted by molar-refractivity contribution is 0.252. The van der Waals surface area contributed by atoms with Crippen molar-refractivity contribution in [3.63, 3.8) is 0 Å². The van der Waals surface area contributed by atoms with Gasteiger partial charge in [0.25, 0.3) is 5.76 Å². The second kappa shape index (κ2) is 9.71. The van der Waals surface area contributed by atoms with Crippen LogP contribution < -0.4 is 0 Å². The summed E-state index contributed by atoms with van der Waals surface area (Å²) in [5.41, 5.74) is 3.57. The van der Waals surface area contributed by atoms with E-state index in [1.165, 1.54) is 37.7 Å². The van der Waals surface area contributed by atoms with Crippen LogP contribution in [0.15, 0.2) is 53.4 Å². The Balaban J connectivity index is 1.88.